The van der Waals surface area contributed by atoms with Crippen LogP contribution in [-0.2, 0) is 12.6 Å². The average Bonchev–Trinajstić information content (AvgIpc) is 2.49. The van der Waals surface area contributed by atoms with Crippen LogP contribution in [-0.4, -0.2) is 37.1 Å². The predicted molar refractivity (Wildman–Crippen MR) is 99.0 cm³/mol. The molecule has 1 unspecified atom stereocenters. The number of alkyl halides is 3. The number of benzene rings is 1. The Morgan fingerprint density at radius 2 is 1.58 bits per heavy atom. The van der Waals surface area contributed by atoms with Gasteiger partial charge in [0.1, 0.15) is 0 Å². The number of nitrogens with zero attached hydrogens (tertiary/aromatic N) is 1. The second-order valence-electron chi connectivity index (χ2n) is 5.48. The summed E-state index contributed by atoms with van der Waals surface area (Å²) < 4.78 is 37.3. The Morgan fingerprint density at radius 1 is 1.04 bits per heavy atom. The van der Waals surface area contributed by atoms with Crippen molar-refractivity contribution in [3.8, 4) is 0 Å². The van der Waals surface area contributed by atoms with Crippen molar-refractivity contribution in [2.24, 2.45) is 0 Å². The Morgan fingerprint density at radius 3 is 1.96 bits per heavy atom. The summed E-state index contributed by atoms with van der Waals surface area (Å²) >= 11 is 0. The van der Waals surface area contributed by atoms with Crippen LogP contribution in [0.4, 0.5) is 13.2 Å². The van der Waals surface area contributed by atoms with E-state index in [2.05, 4.69) is 31.0 Å². The van der Waals surface area contributed by atoms with Crippen LogP contribution in [0.1, 0.15) is 45.7 Å². The Labute approximate surface area is 151 Å². The molecule has 1 N–H and O–H groups in total. The molecular weight excluding hydrogens is 337 g/mol. The Bertz CT molecular complexity index is 415. The first-order valence-corrected chi connectivity index (χ1v) is 8.40. The van der Waals surface area contributed by atoms with Gasteiger partial charge in [0.15, 0.2) is 0 Å². The van der Waals surface area contributed by atoms with Crippen molar-refractivity contribution in [2.75, 3.05) is 26.2 Å². The second kappa shape index (κ2) is 13.5. The van der Waals surface area contributed by atoms with Crippen LogP contribution in [0.25, 0.3) is 0 Å². The van der Waals surface area contributed by atoms with Crippen molar-refractivity contribution >= 4 is 12.4 Å². The molecule has 142 valence electrons. The zero-order valence-electron chi connectivity index (χ0n) is 15.4. The minimum Gasteiger partial charge on any atom is -0.314 e. The number of nitrogens with one attached hydrogen (secondary N) is 1. The molecule has 1 atom stereocenters. The van der Waals surface area contributed by atoms with E-state index in [-0.39, 0.29) is 18.4 Å². The van der Waals surface area contributed by atoms with E-state index in [0.717, 1.165) is 12.6 Å². The first kappa shape index (κ1) is 25.5. The van der Waals surface area contributed by atoms with Gasteiger partial charge in [0.2, 0.25) is 0 Å². The highest BCUT2D eigenvalue weighted by atomic mass is 35.5. The van der Waals surface area contributed by atoms with Gasteiger partial charge >= 0.3 is 6.18 Å². The normalized spacial score (nSPS) is 12.2. The van der Waals surface area contributed by atoms with E-state index in [1.165, 1.54) is 31.8 Å². The highest BCUT2D eigenvalue weighted by molar-refractivity contribution is 5.85. The van der Waals surface area contributed by atoms with Crippen molar-refractivity contribution in [3.63, 3.8) is 0 Å². The van der Waals surface area contributed by atoms with Crippen molar-refractivity contribution in [1.29, 1.82) is 0 Å². The van der Waals surface area contributed by atoms with E-state index in [0.29, 0.717) is 12.0 Å². The van der Waals surface area contributed by atoms with Crippen molar-refractivity contribution in [3.05, 3.63) is 35.4 Å². The molecule has 1 rings (SSSR count). The Balaban J connectivity index is 0. The minimum atomic E-state index is -4.25. The van der Waals surface area contributed by atoms with Crippen molar-refractivity contribution in [1.82, 2.24) is 10.2 Å². The van der Waals surface area contributed by atoms with Gasteiger partial charge in [-0.25, -0.2) is 0 Å². The third kappa shape index (κ3) is 10.9. The molecule has 1 aromatic carbocycles. The van der Waals surface area contributed by atoms with Gasteiger partial charge in [-0.15, -0.1) is 12.4 Å². The minimum absolute atomic E-state index is 0. The van der Waals surface area contributed by atoms with E-state index in [1.54, 1.807) is 6.07 Å². The summed E-state index contributed by atoms with van der Waals surface area (Å²) in [4.78, 5) is 2.38. The smallest absolute Gasteiger partial charge is 0.314 e. The van der Waals surface area contributed by atoms with Gasteiger partial charge in [0.05, 0.1) is 5.56 Å². The Kier molecular flexibility index (Phi) is 14.3. The molecule has 0 fully saturated rings. The monoisotopic (exact) mass is 368 g/mol. The van der Waals surface area contributed by atoms with Gasteiger partial charge in [0.25, 0.3) is 0 Å². The lowest BCUT2D eigenvalue weighted by molar-refractivity contribution is -0.137. The van der Waals surface area contributed by atoms with E-state index in [4.69, 9.17) is 0 Å². The lowest BCUT2D eigenvalue weighted by Gasteiger charge is -2.13. The van der Waals surface area contributed by atoms with Crippen LogP contribution >= 0.6 is 12.4 Å². The SMILES string of the molecule is CCN(CC)CC.CCNC(C)Cc1cccc(C(F)(F)F)c1.Cl. The number of halogens is 4. The standard InChI is InChI=1S/C12H16F3N.C6H15N.ClH/c1-3-16-9(2)7-10-5-4-6-11(8-10)12(13,14)15;1-4-7(5-2)6-3;/h4-6,8-9,16H,3,7H2,1-2H3;4-6H2,1-3H3;1H. The molecule has 0 radical (unpaired) electrons. The number of rotatable bonds is 7. The topological polar surface area (TPSA) is 15.3 Å². The molecule has 0 aliphatic carbocycles. The van der Waals surface area contributed by atoms with Gasteiger partial charge in [0, 0.05) is 6.04 Å². The van der Waals surface area contributed by atoms with Gasteiger partial charge in [-0.2, -0.15) is 13.2 Å². The zero-order valence-corrected chi connectivity index (χ0v) is 16.2. The van der Waals surface area contributed by atoms with Gasteiger partial charge in [-0.05, 0) is 51.2 Å². The third-order valence-corrected chi connectivity index (χ3v) is 3.69. The van der Waals surface area contributed by atoms with Crippen LogP contribution in [0, 0.1) is 0 Å². The van der Waals surface area contributed by atoms with Crippen molar-refractivity contribution in [2.45, 2.75) is 53.3 Å². The van der Waals surface area contributed by atoms with Crippen LogP contribution in [0.5, 0.6) is 0 Å². The average molecular weight is 369 g/mol. The molecule has 1 aromatic rings. The highest BCUT2D eigenvalue weighted by Gasteiger charge is 2.30. The summed E-state index contributed by atoms with van der Waals surface area (Å²) in [5, 5.41) is 3.17. The molecule has 6 heteroatoms. The first-order chi connectivity index (χ1) is 10.8. The maximum atomic E-state index is 12.4. The highest BCUT2D eigenvalue weighted by Crippen LogP contribution is 2.29. The zero-order chi connectivity index (χ0) is 17.9. The van der Waals surface area contributed by atoms with E-state index in [1.807, 2.05) is 13.8 Å². The summed E-state index contributed by atoms with van der Waals surface area (Å²) in [6.45, 7) is 14.9. The quantitative estimate of drug-likeness (QED) is 0.727. The molecule has 24 heavy (non-hydrogen) atoms. The van der Waals surface area contributed by atoms with Crippen LogP contribution in [0.2, 0.25) is 0 Å². The molecule has 2 nitrogen and oxygen atoms in total. The summed E-state index contributed by atoms with van der Waals surface area (Å²) in [7, 11) is 0. The number of likely N-dealkylation sites (N-methyl/N-ethyl adjacent to an activating group) is 1. The maximum absolute atomic E-state index is 12.4. The molecule has 0 amide bonds. The van der Waals surface area contributed by atoms with E-state index in [9.17, 15) is 13.2 Å². The van der Waals surface area contributed by atoms with Gasteiger partial charge in [-0.1, -0.05) is 45.9 Å². The molecule has 0 bridgehead atoms. The predicted octanol–water partition coefficient (Wildman–Crippen LogP) is 5.02. The fraction of sp³-hybridized carbons (Fsp3) is 0.667. The van der Waals surface area contributed by atoms with Gasteiger partial charge < -0.3 is 10.2 Å². The van der Waals surface area contributed by atoms with Crippen LogP contribution < -0.4 is 5.32 Å². The second-order valence-corrected chi connectivity index (χ2v) is 5.48. The maximum Gasteiger partial charge on any atom is 0.416 e. The first-order valence-electron chi connectivity index (χ1n) is 8.40. The molecular formula is C18H32ClF3N2. The number of hydrogen-bond donors (Lipinski definition) is 1. The summed E-state index contributed by atoms with van der Waals surface area (Å²) in [5.74, 6) is 0. The van der Waals surface area contributed by atoms with Gasteiger partial charge in [-0.3, -0.25) is 0 Å². The molecule has 0 aliphatic heterocycles. The summed E-state index contributed by atoms with van der Waals surface area (Å²) in [6, 6.07) is 5.68. The van der Waals surface area contributed by atoms with E-state index >= 15 is 0 Å². The summed E-state index contributed by atoms with van der Waals surface area (Å²) in [5.41, 5.74) is 0.136. The van der Waals surface area contributed by atoms with Crippen LogP contribution in [0.15, 0.2) is 24.3 Å². The fourth-order valence-electron chi connectivity index (χ4n) is 2.32. The third-order valence-electron chi connectivity index (χ3n) is 3.69. The molecule has 0 heterocycles. The number of hydrogen-bond acceptors (Lipinski definition) is 2. The lowest BCUT2D eigenvalue weighted by atomic mass is 10.0. The molecule has 0 saturated carbocycles. The van der Waals surface area contributed by atoms with Crippen LogP contribution in [0.3, 0.4) is 0 Å². The molecule has 0 aliphatic rings. The Hall–Kier alpha value is -0.780. The molecule has 0 aromatic heterocycles. The molecule has 0 saturated heterocycles. The molecule has 0 spiro atoms. The fourth-order valence-corrected chi connectivity index (χ4v) is 2.32. The summed E-state index contributed by atoms with van der Waals surface area (Å²) in [6.07, 6.45) is -3.64. The lowest BCUT2D eigenvalue weighted by Crippen LogP contribution is -2.27. The van der Waals surface area contributed by atoms with Crippen molar-refractivity contribution < 1.29 is 13.2 Å². The largest absolute Gasteiger partial charge is 0.416 e. The van der Waals surface area contributed by atoms with E-state index < -0.39 is 11.7 Å².